The number of rotatable bonds is 6. The molecule has 8 heteroatoms. The van der Waals surface area contributed by atoms with Gasteiger partial charge in [-0.25, -0.2) is 0 Å². The van der Waals surface area contributed by atoms with Gasteiger partial charge in [0.1, 0.15) is 0 Å². The average molecular weight is 295 g/mol. The highest BCUT2D eigenvalue weighted by molar-refractivity contribution is 6.02. The zero-order chi connectivity index (χ0) is 16.2. The first-order valence-corrected chi connectivity index (χ1v) is 6.08. The maximum absolute atomic E-state index is 11.7. The summed E-state index contributed by atoms with van der Waals surface area (Å²) >= 11 is 0. The second-order valence-electron chi connectivity index (χ2n) is 4.46. The van der Waals surface area contributed by atoms with Crippen LogP contribution in [0.3, 0.4) is 0 Å². The van der Waals surface area contributed by atoms with E-state index in [-0.39, 0.29) is 23.4 Å². The van der Waals surface area contributed by atoms with Crippen molar-refractivity contribution in [3.05, 3.63) is 29.3 Å². The van der Waals surface area contributed by atoms with E-state index < -0.39 is 30.4 Å². The number of aliphatic hydroxyl groups excluding tert-OH is 2. The Balaban J connectivity index is 3.32. The molecule has 1 unspecified atom stereocenters. The second kappa shape index (κ2) is 6.82. The Morgan fingerprint density at radius 1 is 1.14 bits per heavy atom. The van der Waals surface area contributed by atoms with Crippen molar-refractivity contribution in [1.29, 1.82) is 0 Å². The van der Waals surface area contributed by atoms with Gasteiger partial charge >= 0.3 is 0 Å². The standard InChI is InChI=1S/C13H17N3O5/c1-7(18)16(5-11(19)6-17)10-3-8(12(14)20)2-9(4-10)13(15)21/h2-4,11,17,19H,5-6H2,1H3,(H2,14,20)(H2,15,21). The number of nitrogens with zero attached hydrogens (tertiary/aromatic N) is 1. The highest BCUT2D eigenvalue weighted by atomic mass is 16.3. The Morgan fingerprint density at radius 2 is 1.62 bits per heavy atom. The first-order valence-electron chi connectivity index (χ1n) is 6.08. The van der Waals surface area contributed by atoms with Gasteiger partial charge in [-0.3, -0.25) is 14.4 Å². The van der Waals surface area contributed by atoms with Crippen molar-refractivity contribution in [3.63, 3.8) is 0 Å². The number of primary amides is 2. The molecule has 0 aliphatic heterocycles. The lowest BCUT2D eigenvalue weighted by molar-refractivity contribution is -0.117. The average Bonchev–Trinajstić information content (AvgIpc) is 2.43. The number of nitrogens with two attached hydrogens (primary N) is 2. The summed E-state index contributed by atoms with van der Waals surface area (Å²) < 4.78 is 0. The molecule has 1 atom stereocenters. The van der Waals surface area contributed by atoms with Gasteiger partial charge in [0, 0.05) is 23.7 Å². The van der Waals surface area contributed by atoms with Crippen molar-refractivity contribution in [1.82, 2.24) is 0 Å². The Labute approximate surface area is 120 Å². The fourth-order valence-electron chi connectivity index (χ4n) is 1.74. The number of hydrogen-bond donors (Lipinski definition) is 4. The van der Waals surface area contributed by atoms with Gasteiger partial charge in [-0.15, -0.1) is 0 Å². The molecule has 1 rings (SSSR count). The van der Waals surface area contributed by atoms with Gasteiger partial charge < -0.3 is 26.6 Å². The first kappa shape index (κ1) is 16.6. The van der Waals surface area contributed by atoms with Crippen LogP contribution in [0.15, 0.2) is 18.2 Å². The summed E-state index contributed by atoms with van der Waals surface area (Å²) in [4.78, 5) is 35.3. The molecule has 114 valence electrons. The topological polar surface area (TPSA) is 147 Å². The van der Waals surface area contributed by atoms with E-state index in [0.717, 1.165) is 4.90 Å². The third-order valence-corrected chi connectivity index (χ3v) is 2.78. The lowest BCUT2D eigenvalue weighted by atomic mass is 10.1. The minimum atomic E-state index is -1.16. The van der Waals surface area contributed by atoms with Crippen molar-refractivity contribution in [3.8, 4) is 0 Å². The maximum atomic E-state index is 11.7. The molecule has 0 heterocycles. The summed E-state index contributed by atoms with van der Waals surface area (Å²) in [6.07, 6.45) is -1.16. The monoisotopic (exact) mass is 295 g/mol. The van der Waals surface area contributed by atoms with Crippen molar-refractivity contribution in [2.45, 2.75) is 13.0 Å². The van der Waals surface area contributed by atoms with Crippen LogP contribution < -0.4 is 16.4 Å². The van der Waals surface area contributed by atoms with Gasteiger partial charge in [-0.1, -0.05) is 0 Å². The largest absolute Gasteiger partial charge is 0.394 e. The van der Waals surface area contributed by atoms with Crippen LogP contribution in [-0.2, 0) is 4.79 Å². The molecule has 21 heavy (non-hydrogen) atoms. The molecule has 3 amide bonds. The summed E-state index contributed by atoms with van der Waals surface area (Å²) in [6, 6.07) is 3.83. The molecule has 0 aromatic heterocycles. The van der Waals surface area contributed by atoms with E-state index >= 15 is 0 Å². The molecule has 0 spiro atoms. The molecule has 8 nitrogen and oxygen atoms in total. The zero-order valence-electron chi connectivity index (χ0n) is 11.4. The van der Waals surface area contributed by atoms with Crippen molar-refractivity contribution >= 4 is 23.4 Å². The lowest BCUT2D eigenvalue weighted by Crippen LogP contribution is -2.38. The molecular weight excluding hydrogens is 278 g/mol. The fraction of sp³-hybridized carbons (Fsp3) is 0.308. The summed E-state index contributed by atoms with van der Waals surface area (Å²) in [6.45, 7) is 0.499. The number of hydrogen-bond acceptors (Lipinski definition) is 5. The molecule has 0 aliphatic rings. The van der Waals surface area contributed by atoms with E-state index in [2.05, 4.69) is 0 Å². The third kappa shape index (κ3) is 4.26. The number of amides is 3. The van der Waals surface area contributed by atoms with E-state index in [4.69, 9.17) is 16.6 Å². The number of aliphatic hydroxyl groups is 2. The van der Waals surface area contributed by atoms with Gasteiger partial charge in [-0.2, -0.15) is 0 Å². The number of carbonyl (C=O) groups is 3. The number of benzene rings is 1. The summed E-state index contributed by atoms with van der Waals surface area (Å²) in [5.41, 5.74) is 10.5. The minimum Gasteiger partial charge on any atom is -0.394 e. The van der Waals surface area contributed by atoms with Crippen LogP contribution >= 0.6 is 0 Å². The van der Waals surface area contributed by atoms with Crippen LogP contribution in [0.25, 0.3) is 0 Å². The molecule has 0 radical (unpaired) electrons. The number of carbonyl (C=O) groups excluding carboxylic acids is 3. The third-order valence-electron chi connectivity index (χ3n) is 2.78. The zero-order valence-corrected chi connectivity index (χ0v) is 11.4. The molecule has 0 fully saturated rings. The van der Waals surface area contributed by atoms with Crippen molar-refractivity contribution < 1.29 is 24.6 Å². The predicted octanol–water partition coefficient (Wildman–Crippen LogP) is -1.41. The fourth-order valence-corrected chi connectivity index (χ4v) is 1.74. The van der Waals surface area contributed by atoms with Crippen LogP contribution in [0.5, 0.6) is 0 Å². The van der Waals surface area contributed by atoms with Crippen LogP contribution in [0.1, 0.15) is 27.6 Å². The first-order chi connectivity index (χ1) is 9.76. The Morgan fingerprint density at radius 3 is 1.95 bits per heavy atom. The van der Waals surface area contributed by atoms with E-state index in [0.29, 0.717) is 0 Å². The quantitative estimate of drug-likeness (QED) is 0.509. The van der Waals surface area contributed by atoms with Crippen LogP contribution in [-0.4, -0.2) is 47.2 Å². The van der Waals surface area contributed by atoms with Gasteiger partial charge in [0.2, 0.25) is 17.7 Å². The highest BCUT2D eigenvalue weighted by Crippen LogP contribution is 2.20. The van der Waals surface area contributed by atoms with E-state index in [1.54, 1.807) is 0 Å². The molecule has 1 aromatic carbocycles. The minimum absolute atomic E-state index is 0.00559. The van der Waals surface area contributed by atoms with Gasteiger partial charge in [-0.05, 0) is 18.2 Å². The molecular formula is C13H17N3O5. The molecule has 1 aromatic rings. The van der Waals surface area contributed by atoms with E-state index in [9.17, 15) is 19.5 Å². The molecule has 0 saturated carbocycles. The van der Waals surface area contributed by atoms with Gasteiger partial charge in [0.15, 0.2) is 0 Å². The van der Waals surface area contributed by atoms with E-state index in [1.807, 2.05) is 0 Å². The Bertz CT molecular complexity index is 541. The maximum Gasteiger partial charge on any atom is 0.248 e. The predicted molar refractivity (Wildman–Crippen MR) is 74.6 cm³/mol. The second-order valence-corrected chi connectivity index (χ2v) is 4.46. The van der Waals surface area contributed by atoms with E-state index in [1.165, 1.54) is 25.1 Å². The Kier molecular flexibility index (Phi) is 5.39. The summed E-state index contributed by atoms with van der Waals surface area (Å²) in [5.74, 6) is -2.02. The smallest absolute Gasteiger partial charge is 0.248 e. The molecule has 0 bridgehead atoms. The number of anilines is 1. The van der Waals surface area contributed by atoms with Crippen LogP contribution in [0.4, 0.5) is 5.69 Å². The molecule has 0 saturated heterocycles. The molecule has 0 aliphatic carbocycles. The van der Waals surface area contributed by atoms with Gasteiger partial charge in [0.25, 0.3) is 0 Å². The Hall–Kier alpha value is -2.45. The normalized spacial score (nSPS) is 11.8. The van der Waals surface area contributed by atoms with Crippen molar-refractivity contribution in [2.24, 2.45) is 11.5 Å². The van der Waals surface area contributed by atoms with Crippen LogP contribution in [0, 0.1) is 0 Å². The summed E-state index contributed by atoms with van der Waals surface area (Å²) in [7, 11) is 0. The lowest BCUT2D eigenvalue weighted by Gasteiger charge is -2.24. The highest BCUT2D eigenvalue weighted by Gasteiger charge is 2.19. The van der Waals surface area contributed by atoms with Crippen molar-refractivity contribution in [2.75, 3.05) is 18.1 Å². The summed E-state index contributed by atoms with van der Waals surface area (Å²) in [5, 5.41) is 18.3. The SMILES string of the molecule is CC(=O)N(CC(O)CO)c1cc(C(N)=O)cc(C(N)=O)c1. The van der Waals surface area contributed by atoms with Gasteiger partial charge in [0.05, 0.1) is 19.3 Å². The van der Waals surface area contributed by atoms with Crippen LogP contribution in [0.2, 0.25) is 0 Å². The molecule has 6 N–H and O–H groups in total.